The number of halogens is 1. The van der Waals surface area contributed by atoms with Gasteiger partial charge < -0.3 is 0 Å². The van der Waals surface area contributed by atoms with Gasteiger partial charge in [0.15, 0.2) is 0 Å². The molecule has 1 amide bonds. The van der Waals surface area contributed by atoms with Gasteiger partial charge in [-0.15, -0.1) is 0 Å². The van der Waals surface area contributed by atoms with E-state index in [1.165, 1.54) is 6.07 Å². The van der Waals surface area contributed by atoms with Crippen LogP contribution in [0.4, 0.5) is 4.39 Å². The summed E-state index contributed by atoms with van der Waals surface area (Å²) in [5.74, 6) is -0.811. The summed E-state index contributed by atoms with van der Waals surface area (Å²) in [4.78, 5) is 13.7. The van der Waals surface area contributed by atoms with E-state index in [2.05, 4.69) is 27.1 Å². The monoisotopic (exact) mass is 326 g/mol. The molecule has 0 saturated carbocycles. The van der Waals surface area contributed by atoms with Crippen LogP contribution >= 0.6 is 0 Å². The summed E-state index contributed by atoms with van der Waals surface area (Å²) in [6, 6.07) is 5.21. The molecule has 1 rings (SSSR count). The molecule has 104 valence electrons. The van der Waals surface area contributed by atoms with Gasteiger partial charge in [-0.05, 0) is 0 Å². The van der Waals surface area contributed by atoms with Crippen LogP contribution in [0.3, 0.4) is 0 Å². The Morgan fingerprint density at radius 2 is 2.16 bits per heavy atom. The molecule has 0 aromatic heterocycles. The van der Waals surface area contributed by atoms with Crippen LogP contribution in [0.1, 0.15) is 22.8 Å². The zero-order valence-electron chi connectivity index (χ0n) is 11.6. The Labute approximate surface area is 123 Å². The molecule has 1 N–H and O–H groups in total. The van der Waals surface area contributed by atoms with E-state index in [4.69, 9.17) is 0 Å². The topological polar surface area (TPSA) is 32.3 Å². The Hall–Kier alpha value is -0.862. The van der Waals surface area contributed by atoms with Crippen LogP contribution in [-0.4, -0.2) is 54.3 Å². The second kappa shape index (κ2) is 7.66. The normalized spacial score (nSPS) is 12.5. The average Bonchev–Trinajstić information content (AvgIpc) is 2.35. The Kier molecular flexibility index (Phi) is 6.53. The van der Waals surface area contributed by atoms with Gasteiger partial charge in [0.2, 0.25) is 0 Å². The van der Waals surface area contributed by atoms with Crippen molar-refractivity contribution in [1.82, 2.24) is 10.2 Å². The molecule has 0 saturated heterocycles. The third-order valence-corrected chi connectivity index (χ3v) is 3.91. The summed E-state index contributed by atoms with van der Waals surface area (Å²) < 4.78 is 13.9. The van der Waals surface area contributed by atoms with Gasteiger partial charge in [0.1, 0.15) is 0 Å². The van der Waals surface area contributed by atoms with E-state index < -0.39 is 5.82 Å². The summed E-state index contributed by atoms with van der Waals surface area (Å²) in [5, 5.41) is 3.55. The van der Waals surface area contributed by atoms with Crippen molar-refractivity contribution >= 4 is 22.8 Å². The molecular weight excluding hydrogens is 306 g/mol. The number of rotatable bonds is 6. The summed E-state index contributed by atoms with van der Waals surface area (Å²) in [6.07, 6.45) is 0.772. The molecular formula is C14H20AsFN2O. The molecule has 0 aliphatic rings. The van der Waals surface area contributed by atoms with Crippen molar-refractivity contribution in [3.63, 3.8) is 0 Å². The van der Waals surface area contributed by atoms with E-state index in [1.807, 2.05) is 27.1 Å². The van der Waals surface area contributed by atoms with E-state index in [0.717, 1.165) is 17.2 Å². The van der Waals surface area contributed by atoms with Crippen LogP contribution in [0.5, 0.6) is 0 Å². The van der Waals surface area contributed by atoms with Crippen molar-refractivity contribution in [2.45, 2.75) is 24.6 Å². The van der Waals surface area contributed by atoms with Crippen LogP contribution in [0.2, 0.25) is 5.21 Å². The minimum atomic E-state index is -0.452. The van der Waals surface area contributed by atoms with E-state index in [1.54, 1.807) is 6.07 Å². The third kappa shape index (κ3) is 4.63. The van der Waals surface area contributed by atoms with Gasteiger partial charge in [-0.1, -0.05) is 0 Å². The predicted molar refractivity (Wildman–Crippen MR) is 76.1 cm³/mol. The number of benzene rings is 1. The molecule has 0 fully saturated rings. The molecule has 0 unspecified atom stereocenters. The zero-order chi connectivity index (χ0) is 14.4. The summed E-state index contributed by atoms with van der Waals surface area (Å²) in [6.45, 7) is 2.31. The van der Waals surface area contributed by atoms with Crippen molar-refractivity contribution in [3.05, 3.63) is 35.1 Å². The van der Waals surface area contributed by atoms with Crippen molar-refractivity contribution in [2.75, 3.05) is 20.6 Å². The van der Waals surface area contributed by atoms with Gasteiger partial charge in [-0.3, -0.25) is 0 Å². The molecule has 0 aliphatic carbocycles. The standard InChI is InChI=1S/C14H20AsFN2O/c1-4-17-14(19)12-6-5-10(8-13(12)16)7-11(9-15)18(2)3/h5-6,8,11H,4,7,9H2,1-3H3,(H,17,19)/t11-/m0/s1. The van der Waals surface area contributed by atoms with Gasteiger partial charge in [-0.2, -0.15) is 0 Å². The van der Waals surface area contributed by atoms with Crippen LogP contribution in [0, 0.1) is 5.82 Å². The fourth-order valence-corrected chi connectivity index (χ4v) is 2.76. The number of nitrogens with one attached hydrogen (secondary N) is 1. The van der Waals surface area contributed by atoms with Crippen molar-refractivity contribution in [3.8, 4) is 0 Å². The van der Waals surface area contributed by atoms with E-state index in [-0.39, 0.29) is 11.5 Å². The maximum atomic E-state index is 13.9. The fourth-order valence-electron chi connectivity index (χ4n) is 1.81. The second-order valence-electron chi connectivity index (χ2n) is 4.68. The number of carbonyl (C=O) groups excluding carboxylic acids is 1. The number of hydrogen-bond acceptors (Lipinski definition) is 2. The number of amides is 1. The molecule has 1 atom stereocenters. The molecule has 5 heteroatoms. The van der Waals surface area contributed by atoms with E-state index >= 15 is 0 Å². The van der Waals surface area contributed by atoms with Crippen molar-refractivity contribution in [2.24, 2.45) is 0 Å². The van der Waals surface area contributed by atoms with Crippen LogP contribution in [0.25, 0.3) is 0 Å². The van der Waals surface area contributed by atoms with Gasteiger partial charge >= 0.3 is 123 Å². The van der Waals surface area contributed by atoms with E-state index in [0.29, 0.717) is 12.6 Å². The van der Waals surface area contributed by atoms with Gasteiger partial charge in [0, 0.05) is 0 Å². The second-order valence-corrected chi connectivity index (χ2v) is 5.44. The molecule has 3 nitrogen and oxygen atoms in total. The minimum absolute atomic E-state index is 0.110. The summed E-state index contributed by atoms with van der Waals surface area (Å²) in [5.41, 5.74) is 1.02. The molecule has 0 aliphatic heterocycles. The predicted octanol–water partition coefficient (Wildman–Crippen LogP) is 1.63. The molecule has 19 heavy (non-hydrogen) atoms. The average molecular weight is 326 g/mol. The maximum absolute atomic E-state index is 13.9. The first-order valence-electron chi connectivity index (χ1n) is 6.33. The van der Waals surface area contributed by atoms with Crippen molar-refractivity contribution < 1.29 is 9.18 Å². The fraction of sp³-hybridized carbons (Fsp3) is 0.500. The molecule has 0 bridgehead atoms. The quantitative estimate of drug-likeness (QED) is 0.806. The van der Waals surface area contributed by atoms with Crippen LogP contribution in [0.15, 0.2) is 18.2 Å². The number of likely N-dealkylation sites (N-methyl/N-ethyl adjacent to an activating group) is 1. The van der Waals surface area contributed by atoms with Gasteiger partial charge in [-0.25, -0.2) is 0 Å². The number of carbonyl (C=O) groups is 1. The molecule has 2 radical (unpaired) electrons. The first-order chi connectivity index (χ1) is 8.99. The van der Waals surface area contributed by atoms with Gasteiger partial charge in [0.25, 0.3) is 0 Å². The third-order valence-electron chi connectivity index (χ3n) is 3.03. The number of nitrogens with zero attached hydrogens (tertiary/aromatic N) is 1. The summed E-state index contributed by atoms with van der Waals surface area (Å²) in [7, 11) is 4.02. The first-order valence-corrected chi connectivity index (χ1v) is 7.66. The summed E-state index contributed by atoms with van der Waals surface area (Å²) >= 11 is 2.56. The SMILES string of the molecule is CCNC(=O)c1ccc(C[C@@H](C[As])N(C)C)cc1F. The molecule has 0 heterocycles. The molecule has 1 aromatic carbocycles. The Balaban J connectivity index is 2.84. The molecule has 0 spiro atoms. The first kappa shape index (κ1) is 16.2. The Morgan fingerprint density at radius 3 is 2.63 bits per heavy atom. The van der Waals surface area contributed by atoms with Crippen LogP contribution < -0.4 is 5.32 Å². The van der Waals surface area contributed by atoms with Crippen LogP contribution in [-0.2, 0) is 6.42 Å². The van der Waals surface area contributed by atoms with E-state index in [9.17, 15) is 9.18 Å². The Morgan fingerprint density at radius 1 is 1.47 bits per heavy atom. The molecule has 1 aromatic rings. The number of hydrogen-bond donors (Lipinski definition) is 1. The van der Waals surface area contributed by atoms with Gasteiger partial charge in [0.05, 0.1) is 0 Å². The zero-order valence-corrected chi connectivity index (χ0v) is 13.5. The van der Waals surface area contributed by atoms with Crippen molar-refractivity contribution in [1.29, 1.82) is 0 Å². The Bertz CT molecular complexity index is 437.